The Kier molecular flexibility index (Phi) is 11.4. The summed E-state index contributed by atoms with van der Waals surface area (Å²) in [6.07, 6.45) is 12.8. The highest BCUT2D eigenvalue weighted by Crippen LogP contribution is 2.25. The van der Waals surface area contributed by atoms with Crippen molar-refractivity contribution >= 4 is 17.9 Å². The van der Waals surface area contributed by atoms with E-state index >= 15 is 0 Å². The van der Waals surface area contributed by atoms with Gasteiger partial charge in [-0.05, 0) is 57.7 Å². The molecular weight excluding hydrogens is 442 g/mol. The molecule has 3 amide bonds. The highest BCUT2D eigenvalue weighted by molar-refractivity contribution is 5.93. The Bertz CT molecular complexity index is 950. The molecule has 0 aliphatic heterocycles. The minimum absolute atomic E-state index is 0.111. The third-order valence-corrected chi connectivity index (χ3v) is 5.54. The average Bonchev–Trinajstić information content (AvgIpc) is 2.79. The van der Waals surface area contributed by atoms with E-state index < -0.39 is 35.6 Å². The van der Waals surface area contributed by atoms with Crippen LogP contribution in [-0.2, 0) is 14.3 Å². The summed E-state index contributed by atoms with van der Waals surface area (Å²) >= 11 is 0. The fraction of sp³-hybridized carbons (Fsp3) is 0.536. The van der Waals surface area contributed by atoms with Gasteiger partial charge in [-0.1, -0.05) is 58.1 Å². The smallest absolute Gasteiger partial charge is 0.408 e. The largest absolute Gasteiger partial charge is 0.444 e. The molecule has 0 radical (unpaired) electrons. The summed E-state index contributed by atoms with van der Waals surface area (Å²) < 4.78 is 5.35. The molecule has 0 aliphatic rings. The molecule has 0 aromatic heterocycles. The van der Waals surface area contributed by atoms with Crippen LogP contribution in [0.2, 0.25) is 0 Å². The normalized spacial score (nSPS) is 14.3. The van der Waals surface area contributed by atoms with Gasteiger partial charge in [0, 0.05) is 17.6 Å². The molecule has 4 unspecified atom stereocenters. The van der Waals surface area contributed by atoms with E-state index in [-0.39, 0.29) is 12.0 Å². The summed E-state index contributed by atoms with van der Waals surface area (Å²) in [5.41, 5.74) is 0.404. The van der Waals surface area contributed by atoms with Gasteiger partial charge >= 0.3 is 6.09 Å². The number of amides is 3. The molecular formula is C28H39N3O4. The van der Waals surface area contributed by atoms with Gasteiger partial charge in [-0.2, -0.15) is 0 Å². The van der Waals surface area contributed by atoms with E-state index in [2.05, 4.69) is 22.6 Å². The van der Waals surface area contributed by atoms with E-state index in [1.165, 1.54) is 0 Å². The predicted molar refractivity (Wildman–Crippen MR) is 138 cm³/mol. The zero-order valence-corrected chi connectivity index (χ0v) is 22.0. The van der Waals surface area contributed by atoms with Crippen LogP contribution in [-0.4, -0.2) is 40.5 Å². The molecule has 7 heteroatoms. The number of carbonyl (C=O) groups excluding carboxylic acids is 3. The minimum Gasteiger partial charge on any atom is -0.444 e. The molecule has 7 nitrogen and oxygen atoms in total. The summed E-state index contributed by atoms with van der Waals surface area (Å²) in [7, 11) is 0. The van der Waals surface area contributed by atoms with Crippen LogP contribution in [0, 0.1) is 30.7 Å². The molecule has 1 rings (SSSR count). The Hall–Kier alpha value is -3.45. The van der Waals surface area contributed by atoms with E-state index in [4.69, 9.17) is 17.6 Å². The minimum atomic E-state index is -1.11. The summed E-state index contributed by atoms with van der Waals surface area (Å²) in [5, 5.41) is 5.61. The van der Waals surface area contributed by atoms with Crippen LogP contribution in [0.25, 0.3) is 0 Å². The van der Waals surface area contributed by atoms with Gasteiger partial charge < -0.3 is 15.4 Å². The van der Waals surface area contributed by atoms with Crippen LogP contribution in [0.3, 0.4) is 0 Å². The van der Waals surface area contributed by atoms with Gasteiger partial charge in [0.05, 0.1) is 0 Å². The third kappa shape index (κ3) is 9.02. The van der Waals surface area contributed by atoms with E-state index in [9.17, 15) is 14.4 Å². The number of hydrogen-bond donors (Lipinski definition) is 2. The second-order valence-corrected chi connectivity index (χ2v) is 9.71. The molecule has 0 bridgehead atoms. The standard InChI is InChI=1S/C28H39N3O4/c1-10-14-20(6)29-25(32)24(22-17-15-21(12-3)16-18-22)31(13-4)26(33)23(19(5)11-2)30-27(34)35-28(7,8)9/h3-4,15-20,23-24H,10-11,14H2,1-2,5-9H3,(H,29,32)(H,30,34). The molecule has 0 fully saturated rings. The van der Waals surface area contributed by atoms with Gasteiger partial charge in [0.1, 0.15) is 17.7 Å². The van der Waals surface area contributed by atoms with Crippen LogP contribution in [0.4, 0.5) is 4.79 Å². The monoisotopic (exact) mass is 481 g/mol. The first-order valence-corrected chi connectivity index (χ1v) is 12.0. The lowest BCUT2D eigenvalue weighted by Crippen LogP contribution is -2.54. The molecule has 0 spiro atoms. The van der Waals surface area contributed by atoms with Crippen molar-refractivity contribution in [1.82, 2.24) is 15.5 Å². The first-order chi connectivity index (χ1) is 16.4. The Morgan fingerprint density at radius 3 is 2.11 bits per heavy atom. The van der Waals surface area contributed by atoms with Crippen LogP contribution in [0.1, 0.15) is 84.9 Å². The molecule has 0 saturated carbocycles. The molecule has 0 aliphatic carbocycles. The van der Waals surface area contributed by atoms with Gasteiger partial charge in [-0.3, -0.25) is 14.5 Å². The summed E-state index contributed by atoms with van der Waals surface area (Å²) in [4.78, 5) is 40.7. The number of rotatable bonds is 10. The zero-order chi connectivity index (χ0) is 26.8. The van der Waals surface area contributed by atoms with E-state index in [0.29, 0.717) is 17.5 Å². The highest BCUT2D eigenvalue weighted by Gasteiger charge is 2.38. The van der Waals surface area contributed by atoms with Crippen molar-refractivity contribution in [3.63, 3.8) is 0 Å². The Labute approximate surface area is 210 Å². The first kappa shape index (κ1) is 29.6. The lowest BCUT2D eigenvalue weighted by Gasteiger charge is -2.33. The maximum absolute atomic E-state index is 13.7. The van der Waals surface area contributed by atoms with Crippen molar-refractivity contribution in [1.29, 1.82) is 0 Å². The van der Waals surface area contributed by atoms with Gasteiger partial charge in [-0.15, -0.1) is 6.42 Å². The van der Waals surface area contributed by atoms with Crippen molar-refractivity contribution in [2.75, 3.05) is 0 Å². The molecule has 35 heavy (non-hydrogen) atoms. The van der Waals surface area contributed by atoms with Crippen LogP contribution >= 0.6 is 0 Å². The number of hydrogen-bond acceptors (Lipinski definition) is 4. The Morgan fingerprint density at radius 2 is 1.66 bits per heavy atom. The van der Waals surface area contributed by atoms with Crippen molar-refractivity contribution in [3.8, 4) is 24.8 Å². The summed E-state index contributed by atoms with van der Waals surface area (Å²) in [5.74, 6) is 1.29. The first-order valence-electron chi connectivity index (χ1n) is 12.0. The maximum Gasteiger partial charge on any atom is 0.408 e. The molecule has 0 heterocycles. The lowest BCUT2D eigenvalue weighted by molar-refractivity contribution is -0.139. The third-order valence-electron chi connectivity index (χ3n) is 5.54. The molecule has 0 saturated heterocycles. The van der Waals surface area contributed by atoms with Gasteiger partial charge in [-0.25, -0.2) is 4.79 Å². The number of benzene rings is 1. The second-order valence-electron chi connectivity index (χ2n) is 9.71. The van der Waals surface area contributed by atoms with Crippen LogP contribution < -0.4 is 10.6 Å². The van der Waals surface area contributed by atoms with E-state index in [1.54, 1.807) is 45.0 Å². The lowest BCUT2D eigenvalue weighted by atomic mass is 9.95. The van der Waals surface area contributed by atoms with Crippen molar-refractivity contribution < 1.29 is 19.1 Å². The molecule has 190 valence electrons. The quantitative estimate of drug-likeness (QED) is 0.384. The number of terminal acetylenes is 2. The maximum atomic E-state index is 13.7. The number of nitrogens with one attached hydrogen (secondary N) is 2. The fourth-order valence-electron chi connectivity index (χ4n) is 3.54. The number of alkyl carbamates (subject to hydrolysis) is 1. The summed E-state index contributed by atoms with van der Waals surface area (Å²) in [6, 6.07) is 6.93. The topological polar surface area (TPSA) is 87.7 Å². The zero-order valence-electron chi connectivity index (χ0n) is 22.0. The van der Waals surface area contributed by atoms with E-state index in [1.807, 2.05) is 27.7 Å². The molecule has 1 aromatic carbocycles. The number of ether oxygens (including phenoxy) is 1. The number of carbonyl (C=O) groups is 3. The fourth-order valence-corrected chi connectivity index (χ4v) is 3.54. The van der Waals surface area contributed by atoms with Gasteiger partial charge in [0.2, 0.25) is 5.91 Å². The molecule has 1 aromatic rings. The van der Waals surface area contributed by atoms with Crippen molar-refractivity contribution in [3.05, 3.63) is 35.4 Å². The molecule has 2 N–H and O–H groups in total. The van der Waals surface area contributed by atoms with Gasteiger partial charge in [0.25, 0.3) is 5.91 Å². The van der Waals surface area contributed by atoms with E-state index in [0.717, 1.165) is 17.7 Å². The van der Waals surface area contributed by atoms with Crippen molar-refractivity contribution in [2.45, 2.75) is 91.5 Å². The summed E-state index contributed by atoms with van der Waals surface area (Å²) in [6.45, 7) is 12.9. The number of nitrogens with zero attached hydrogens (tertiary/aromatic N) is 1. The van der Waals surface area contributed by atoms with Crippen LogP contribution in [0.15, 0.2) is 24.3 Å². The SMILES string of the molecule is C#Cc1ccc(C(C(=O)NC(C)CCC)N(C#C)C(=O)C(NC(=O)OC(C)(C)C)C(C)CC)cc1. The Balaban J connectivity index is 3.42. The van der Waals surface area contributed by atoms with Gasteiger partial charge in [0.15, 0.2) is 0 Å². The average molecular weight is 482 g/mol. The van der Waals surface area contributed by atoms with Crippen molar-refractivity contribution in [2.24, 2.45) is 5.92 Å². The molecule has 4 atom stereocenters. The highest BCUT2D eigenvalue weighted by atomic mass is 16.6. The van der Waals surface area contributed by atoms with Crippen LogP contribution in [0.5, 0.6) is 0 Å². The predicted octanol–water partition coefficient (Wildman–Crippen LogP) is 4.37. The Morgan fingerprint density at radius 1 is 1.06 bits per heavy atom. The second kappa shape index (κ2) is 13.4.